The molecular weight excluding hydrogens is 385 g/mol. The predicted octanol–water partition coefficient (Wildman–Crippen LogP) is 3.45. The Bertz CT molecular complexity index is 788. The largest absolute Gasteiger partial charge is 0.482 e. The van der Waals surface area contributed by atoms with Crippen molar-refractivity contribution in [2.45, 2.75) is 3.79 Å². The summed E-state index contributed by atoms with van der Waals surface area (Å²) in [5.74, 6) is -0.411. The topological polar surface area (TPSA) is 80.3 Å². The summed E-state index contributed by atoms with van der Waals surface area (Å²) in [4.78, 5) is 27.2. The number of aromatic nitrogens is 1. The highest BCUT2D eigenvalue weighted by Crippen LogP contribution is 2.34. The van der Waals surface area contributed by atoms with Crippen molar-refractivity contribution in [1.82, 2.24) is 4.98 Å². The van der Waals surface area contributed by atoms with E-state index in [9.17, 15) is 9.59 Å². The molecule has 0 fully saturated rings. The first-order valence-electron chi connectivity index (χ1n) is 6.24. The summed E-state index contributed by atoms with van der Waals surface area (Å²) in [5, 5.41) is 7.18. The molecule has 0 radical (unpaired) electrons. The molecule has 2 amide bonds. The predicted molar refractivity (Wildman–Crippen MR) is 90.6 cm³/mol. The molecule has 2 heterocycles. The number of hydrogen-bond acceptors (Lipinski definition) is 5. The zero-order chi connectivity index (χ0) is 16.6. The molecule has 1 aliphatic rings. The summed E-state index contributed by atoms with van der Waals surface area (Å²) < 4.78 is 3.23. The van der Waals surface area contributed by atoms with E-state index >= 15 is 0 Å². The number of amides is 2. The Kier molecular flexibility index (Phi) is 4.37. The molecule has 0 atom stereocenters. The van der Waals surface area contributed by atoms with Gasteiger partial charge in [0.25, 0.3) is 15.6 Å². The number of ether oxygens (including phenoxy) is 1. The van der Waals surface area contributed by atoms with Crippen LogP contribution in [0.15, 0.2) is 23.6 Å². The summed E-state index contributed by atoms with van der Waals surface area (Å²) >= 11 is 17.7. The smallest absolute Gasteiger partial charge is 0.278 e. The second-order valence-corrected chi connectivity index (χ2v) is 7.68. The van der Waals surface area contributed by atoms with E-state index in [1.54, 1.807) is 23.6 Å². The summed E-state index contributed by atoms with van der Waals surface area (Å²) in [6.07, 6.45) is 0. The first-order chi connectivity index (χ1) is 10.8. The molecule has 6 nitrogen and oxygen atoms in total. The molecule has 2 N–H and O–H groups in total. The van der Waals surface area contributed by atoms with Crippen LogP contribution >= 0.6 is 46.1 Å². The fraction of sp³-hybridized carbons (Fsp3) is 0.154. The number of fused-ring (bicyclic) bond motifs is 1. The monoisotopic (exact) mass is 391 g/mol. The van der Waals surface area contributed by atoms with Gasteiger partial charge in [0.05, 0.1) is 11.4 Å². The van der Waals surface area contributed by atoms with Crippen molar-refractivity contribution < 1.29 is 14.3 Å². The zero-order valence-electron chi connectivity index (χ0n) is 11.2. The highest BCUT2D eigenvalue weighted by molar-refractivity contribution is 7.14. The lowest BCUT2D eigenvalue weighted by Gasteiger charge is -2.18. The molecule has 10 heteroatoms. The van der Waals surface area contributed by atoms with Crippen LogP contribution in [0, 0.1) is 0 Å². The van der Waals surface area contributed by atoms with Gasteiger partial charge in [0.1, 0.15) is 5.75 Å². The number of nitrogens with one attached hydrogen (secondary N) is 2. The van der Waals surface area contributed by atoms with Gasteiger partial charge < -0.3 is 10.1 Å². The number of rotatable bonds is 2. The van der Waals surface area contributed by atoms with Crippen LogP contribution in [-0.2, 0) is 9.59 Å². The number of carbonyl (C=O) groups excluding carboxylic acids is 2. The molecule has 0 saturated carbocycles. The zero-order valence-corrected chi connectivity index (χ0v) is 14.3. The van der Waals surface area contributed by atoms with Crippen molar-refractivity contribution >= 4 is 68.8 Å². The summed E-state index contributed by atoms with van der Waals surface area (Å²) in [6, 6.07) is 5.27. The van der Waals surface area contributed by atoms with E-state index in [4.69, 9.17) is 39.5 Å². The van der Waals surface area contributed by atoms with Gasteiger partial charge in [-0.2, -0.15) is 0 Å². The molecule has 0 unspecified atom stereocenters. The van der Waals surface area contributed by atoms with E-state index in [0.29, 0.717) is 22.3 Å². The number of anilines is 2. The third-order valence-electron chi connectivity index (χ3n) is 2.89. The van der Waals surface area contributed by atoms with Crippen molar-refractivity contribution in [3.63, 3.8) is 0 Å². The standard InChI is InChI=1S/C13H8Cl3N3O3S/c14-13(15,16)11(21)19-12-18-8(5-23-12)6-1-2-9-7(3-6)17-10(20)4-22-9/h1-3,5H,4H2,(H,17,20)(H,18,19,21). The number of nitrogens with zero attached hydrogens (tertiary/aromatic N) is 1. The molecule has 1 aliphatic heterocycles. The Balaban J connectivity index is 1.82. The van der Waals surface area contributed by atoms with Gasteiger partial charge in [-0.15, -0.1) is 11.3 Å². The molecule has 120 valence electrons. The Morgan fingerprint density at radius 3 is 2.91 bits per heavy atom. The molecule has 1 aromatic heterocycles. The first kappa shape index (κ1) is 16.3. The van der Waals surface area contributed by atoms with E-state index in [1.807, 2.05) is 0 Å². The lowest BCUT2D eigenvalue weighted by Crippen LogP contribution is -2.26. The second-order valence-electron chi connectivity index (χ2n) is 4.54. The summed E-state index contributed by atoms with van der Waals surface area (Å²) in [7, 11) is 0. The van der Waals surface area contributed by atoms with Gasteiger partial charge >= 0.3 is 0 Å². The van der Waals surface area contributed by atoms with E-state index in [-0.39, 0.29) is 12.5 Å². The molecule has 0 aliphatic carbocycles. The van der Waals surface area contributed by atoms with E-state index < -0.39 is 9.70 Å². The SMILES string of the molecule is O=C1COc2ccc(-c3csc(NC(=O)C(Cl)(Cl)Cl)n3)cc2N1. The highest BCUT2D eigenvalue weighted by Gasteiger charge is 2.31. The quantitative estimate of drug-likeness (QED) is 0.767. The van der Waals surface area contributed by atoms with Crippen molar-refractivity contribution in [2.75, 3.05) is 17.2 Å². The molecule has 0 spiro atoms. The maximum Gasteiger partial charge on any atom is 0.278 e. The van der Waals surface area contributed by atoms with Gasteiger partial charge in [0.2, 0.25) is 0 Å². The van der Waals surface area contributed by atoms with Crippen LogP contribution < -0.4 is 15.4 Å². The van der Waals surface area contributed by atoms with Crippen LogP contribution in [0.1, 0.15) is 0 Å². The van der Waals surface area contributed by atoms with Gasteiger partial charge in [0, 0.05) is 10.9 Å². The molecule has 23 heavy (non-hydrogen) atoms. The minimum Gasteiger partial charge on any atom is -0.482 e. The minimum atomic E-state index is -2.06. The Hall–Kier alpha value is -1.54. The van der Waals surface area contributed by atoms with E-state index in [2.05, 4.69) is 15.6 Å². The Labute approximate surface area is 149 Å². The van der Waals surface area contributed by atoms with Crippen LogP contribution in [-0.4, -0.2) is 27.2 Å². The van der Waals surface area contributed by atoms with Crippen LogP contribution in [0.2, 0.25) is 0 Å². The van der Waals surface area contributed by atoms with Gasteiger partial charge in [0.15, 0.2) is 11.7 Å². The van der Waals surface area contributed by atoms with Crippen LogP contribution in [0.5, 0.6) is 5.75 Å². The van der Waals surface area contributed by atoms with Gasteiger partial charge in [-0.1, -0.05) is 34.8 Å². The van der Waals surface area contributed by atoms with Gasteiger partial charge in [-0.3, -0.25) is 14.9 Å². The normalized spacial score (nSPS) is 13.8. The maximum absolute atomic E-state index is 11.6. The fourth-order valence-electron chi connectivity index (χ4n) is 1.87. The first-order valence-corrected chi connectivity index (χ1v) is 8.25. The third kappa shape index (κ3) is 3.69. The molecular formula is C13H8Cl3N3O3S. The molecule has 3 rings (SSSR count). The van der Waals surface area contributed by atoms with Crippen LogP contribution in [0.4, 0.5) is 10.8 Å². The summed E-state index contributed by atoms with van der Waals surface area (Å²) in [5.41, 5.74) is 1.93. The average Bonchev–Trinajstić information content (AvgIpc) is 2.94. The number of halogens is 3. The third-order valence-corrected chi connectivity index (χ3v) is 4.16. The van der Waals surface area contributed by atoms with Crippen molar-refractivity contribution in [3.05, 3.63) is 23.6 Å². The van der Waals surface area contributed by atoms with Crippen molar-refractivity contribution in [2.24, 2.45) is 0 Å². The van der Waals surface area contributed by atoms with Crippen molar-refractivity contribution in [1.29, 1.82) is 0 Å². The number of carbonyl (C=O) groups is 2. The summed E-state index contributed by atoms with van der Waals surface area (Å²) in [6.45, 7) is -0.00371. The van der Waals surface area contributed by atoms with E-state index in [0.717, 1.165) is 5.56 Å². The lowest BCUT2D eigenvalue weighted by molar-refractivity contribution is -0.118. The lowest BCUT2D eigenvalue weighted by atomic mass is 10.1. The second kappa shape index (κ2) is 6.16. The molecule has 0 bridgehead atoms. The van der Waals surface area contributed by atoms with Crippen LogP contribution in [0.25, 0.3) is 11.3 Å². The molecule has 1 aromatic carbocycles. The fourth-order valence-corrected chi connectivity index (χ4v) is 2.73. The number of thiazole rings is 1. The minimum absolute atomic E-state index is 0.00371. The van der Waals surface area contributed by atoms with E-state index in [1.165, 1.54) is 11.3 Å². The Morgan fingerprint density at radius 2 is 2.17 bits per heavy atom. The number of alkyl halides is 3. The molecule has 0 saturated heterocycles. The van der Waals surface area contributed by atoms with Gasteiger partial charge in [-0.25, -0.2) is 4.98 Å². The molecule has 2 aromatic rings. The maximum atomic E-state index is 11.6. The average molecular weight is 393 g/mol. The number of benzene rings is 1. The number of hydrogen-bond donors (Lipinski definition) is 2. The van der Waals surface area contributed by atoms with Crippen molar-refractivity contribution in [3.8, 4) is 17.0 Å². The Morgan fingerprint density at radius 1 is 1.39 bits per heavy atom. The van der Waals surface area contributed by atoms with Crippen LogP contribution in [0.3, 0.4) is 0 Å². The van der Waals surface area contributed by atoms with Gasteiger partial charge in [-0.05, 0) is 18.2 Å². The highest BCUT2D eigenvalue weighted by atomic mass is 35.6.